The van der Waals surface area contributed by atoms with Gasteiger partial charge in [0.25, 0.3) is 5.91 Å². The van der Waals surface area contributed by atoms with Crippen LogP contribution in [0.4, 0.5) is 0 Å². The van der Waals surface area contributed by atoms with E-state index in [2.05, 4.69) is 12.1 Å². The number of likely N-dealkylation sites (tertiary alicyclic amines) is 1. The minimum atomic E-state index is 0.0878. The molecule has 0 radical (unpaired) electrons. The molecule has 1 fully saturated rings. The molecule has 4 heteroatoms. The molecule has 1 aliphatic rings. The summed E-state index contributed by atoms with van der Waals surface area (Å²) in [6, 6.07) is 9.97. The fourth-order valence-corrected chi connectivity index (χ4v) is 3.25. The Balaban J connectivity index is 1.55. The van der Waals surface area contributed by atoms with Gasteiger partial charge in [-0.25, -0.2) is 0 Å². The van der Waals surface area contributed by atoms with Gasteiger partial charge in [0.1, 0.15) is 12.0 Å². The highest BCUT2D eigenvalue weighted by atomic mass is 16.5. The van der Waals surface area contributed by atoms with Gasteiger partial charge in [0, 0.05) is 13.1 Å². The molecule has 4 nitrogen and oxygen atoms in total. The molecule has 3 rings (SSSR count). The average molecular weight is 313 g/mol. The Labute approximate surface area is 137 Å². The quantitative estimate of drug-likeness (QED) is 0.844. The normalized spacial score (nSPS) is 18.0. The lowest BCUT2D eigenvalue weighted by atomic mass is 9.91. The Bertz CT molecular complexity index is 636. The zero-order valence-corrected chi connectivity index (χ0v) is 13.5. The van der Waals surface area contributed by atoms with Crippen molar-refractivity contribution in [2.24, 2.45) is 5.92 Å². The van der Waals surface area contributed by atoms with Gasteiger partial charge >= 0.3 is 0 Å². The minimum absolute atomic E-state index is 0.0878. The van der Waals surface area contributed by atoms with E-state index in [0.29, 0.717) is 11.5 Å². The molecule has 1 aromatic heterocycles. The van der Waals surface area contributed by atoms with Crippen molar-refractivity contribution in [1.82, 2.24) is 4.90 Å². The number of piperidine rings is 1. The molecule has 1 aliphatic heterocycles. The highest BCUT2D eigenvalue weighted by Gasteiger charge is 2.24. The number of hydrogen-bond acceptors (Lipinski definition) is 3. The van der Waals surface area contributed by atoms with Crippen molar-refractivity contribution in [3.8, 4) is 5.75 Å². The molecule has 0 bridgehead atoms. The molecule has 1 saturated heterocycles. The number of methoxy groups -OCH3 is 1. The molecular weight excluding hydrogens is 290 g/mol. The first-order valence-electron chi connectivity index (χ1n) is 8.20. The number of carbonyl (C=O) groups excluding carboxylic acids is 1. The summed E-state index contributed by atoms with van der Waals surface area (Å²) in [5, 5.41) is 0. The van der Waals surface area contributed by atoms with Crippen LogP contribution in [0.15, 0.2) is 47.3 Å². The van der Waals surface area contributed by atoms with Crippen molar-refractivity contribution in [2.45, 2.75) is 25.7 Å². The Kier molecular flexibility index (Phi) is 5.01. The minimum Gasteiger partial charge on any atom is -0.497 e. The smallest absolute Gasteiger partial charge is 0.257 e. The number of nitrogens with zero attached hydrogens (tertiary/aromatic N) is 1. The van der Waals surface area contributed by atoms with Gasteiger partial charge in [-0.05, 0) is 55.4 Å². The van der Waals surface area contributed by atoms with Crippen LogP contribution < -0.4 is 4.74 Å². The van der Waals surface area contributed by atoms with E-state index < -0.39 is 0 Å². The third-order valence-corrected chi connectivity index (χ3v) is 4.55. The van der Waals surface area contributed by atoms with Crippen LogP contribution in [0.3, 0.4) is 0 Å². The van der Waals surface area contributed by atoms with Crippen LogP contribution in [0.2, 0.25) is 0 Å². The molecule has 0 N–H and O–H groups in total. The van der Waals surface area contributed by atoms with E-state index in [9.17, 15) is 4.79 Å². The predicted octanol–water partition coefficient (Wildman–Crippen LogP) is 3.77. The highest BCUT2D eigenvalue weighted by molar-refractivity contribution is 5.93. The summed E-state index contributed by atoms with van der Waals surface area (Å²) in [4.78, 5) is 14.4. The topological polar surface area (TPSA) is 42.7 Å². The van der Waals surface area contributed by atoms with E-state index in [-0.39, 0.29) is 5.91 Å². The highest BCUT2D eigenvalue weighted by Crippen LogP contribution is 2.24. The van der Waals surface area contributed by atoms with Crippen LogP contribution >= 0.6 is 0 Å². The van der Waals surface area contributed by atoms with Crippen molar-refractivity contribution in [3.63, 3.8) is 0 Å². The number of aryl methyl sites for hydroxylation is 1. The third kappa shape index (κ3) is 3.95. The molecule has 1 amide bonds. The van der Waals surface area contributed by atoms with Crippen LogP contribution in [0.1, 0.15) is 35.2 Å². The maximum atomic E-state index is 12.4. The predicted molar refractivity (Wildman–Crippen MR) is 88.7 cm³/mol. The van der Waals surface area contributed by atoms with Crippen LogP contribution in [0, 0.1) is 5.92 Å². The molecule has 1 atom stereocenters. The van der Waals surface area contributed by atoms with Gasteiger partial charge in [0.05, 0.1) is 18.9 Å². The maximum absolute atomic E-state index is 12.4. The Hall–Kier alpha value is -2.23. The lowest BCUT2D eigenvalue weighted by Gasteiger charge is -2.32. The molecule has 2 aromatic rings. The monoisotopic (exact) mass is 313 g/mol. The van der Waals surface area contributed by atoms with Gasteiger partial charge in [-0.2, -0.15) is 0 Å². The summed E-state index contributed by atoms with van der Waals surface area (Å²) in [6.45, 7) is 1.69. The van der Waals surface area contributed by atoms with E-state index in [4.69, 9.17) is 9.15 Å². The summed E-state index contributed by atoms with van der Waals surface area (Å²) in [6.07, 6.45) is 7.48. The fraction of sp³-hybridized carbons (Fsp3) is 0.421. The van der Waals surface area contributed by atoms with Crippen LogP contribution in [0.25, 0.3) is 0 Å². The lowest BCUT2D eigenvalue weighted by Crippen LogP contribution is -2.39. The summed E-state index contributed by atoms with van der Waals surface area (Å²) in [7, 11) is 1.69. The summed E-state index contributed by atoms with van der Waals surface area (Å²) >= 11 is 0. The van der Waals surface area contributed by atoms with Crippen molar-refractivity contribution in [3.05, 3.63) is 54.0 Å². The van der Waals surface area contributed by atoms with Gasteiger partial charge in [0.2, 0.25) is 0 Å². The maximum Gasteiger partial charge on any atom is 0.257 e. The number of hydrogen-bond donors (Lipinski definition) is 0. The number of rotatable bonds is 5. The third-order valence-electron chi connectivity index (χ3n) is 4.55. The molecule has 23 heavy (non-hydrogen) atoms. The van der Waals surface area contributed by atoms with Gasteiger partial charge in [-0.3, -0.25) is 4.79 Å². The van der Waals surface area contributed by atoms with E-state index in [1.807, 2.05) is 17.0 Å². The summed E-state index contributed by atoms with van der Waals surface area (Å²) in [5.41, 5.74) is 1.95. The number of furan rings is 1. The first kappa shape index (κ1) is 15.7. The van der Waals surface area contributed by atoms with Gasteiger partial charge in [0.15, 0.2) is 0 Å². The summed E-state index contributed by atoms with van der Waals surface area (Å²) in [5.74, 6) is 1.55. The second kappa shape index (κ2) is 7.36. The first-order valence-corrected chi connectivity index (χ1v) is 8.20. The van der Waals surface area contributed by atoms with Crippen molar-refractivity contribution < 1.29 is 13.9 Å². The van der Waals surface area contributed by atoms with E-state index >= 15 is 0 Å². The van der Waals surface area contributed by atoms with Crippen LogP contribution in [0.5, 0.6) is 5.75 Å². The number of benzene rings is 1. The average Bonchev–Trinajstić information content (AvgIpc) is 3.14. The summed E-state index contributed by atoms with van der Waals surface area (Å²) < 4.78 is 10.3. The zero-order chi connectivity index (χ0) is 16.1. The Morgan fingerprint density at radius 3 is 3.09 bits per heavy atom. The Morgan fingerprint density at radius 2 is 2.30 bits per heavy atom. The van der Waals surface area contributed by atoms with Gasteiger partial charge < -0.3 is 14.1 Å². The lowest BCUT2D eigenvalue weighted by molar-refractivity contribution is 0.0667. The number of carbonyl (C=O) groups is 1. The molecule has 0 aliphatic carbocycles. The van der Waals surface area contributed by atoms with Crippen molar-refractivity contribution >= 4 is 5.91 Å². The molecule has 0 saturated carbocycles. The first-order chi connectivity index (χ1) is 11.3. The SMILES string of the molecule is COc1cccc(CC[C@H]2CCCN(C(=O)c3ccoc3)C2)c1. The molecular formula is C19H23NO3. The van der Waals surface area contributed by atoms with Crippen LogP contribution in [-0.4, -0.2) is 31.0 Å². The molecule has 2 heterocycles. The second-order valence-corrected chi connectivity index (χ2v) is 6.16. The molecule has 1 aromatic carbocycles. The largest absolute Gasteiger partial charge is 0.497 e. The molecule has 0 unspecified atom stereocenters. The van der Waals surface area contributed by atoms with E-state index in [1.165, 1.54) is 18.2 Å². The van der Waals surface area contributed by atoms with Crippen molar-refractivity contribution in [2.75, 3.05) is 20.2 Å². The Morgan fingerprint density at radius 1 is 1.39 bits per heavy atom. The number of amides is 1. The second-order valence-electron chi connectivity index (χ2n) is 6.16. The number of ether oxygens (including phenoxy) is 1. The molecule has 0 spiro atoms. The van der Waals surface area contributed by atoms with Crippen LogP contribution in [-0.2, 0) is 6.42 Å². The fourth-order valence-electron chi connectivity index (χ4n) is 3.25. The van der Waals surface area contributed by atoms with Gasteiger partial charge in [-0.1, -0.05) is 12.1 Å². The van der Waals surface area contributed by atoms with Gasteiger partial charge in [-0.15, -0.1) is 0 Å². The van der Waals surface area contributed by atoms with E-state index in [1.54, 1.807) is 19.4 Å². The van der Waals surface area contributed by atoms with Crippen molar-refractivity contribution in [1.29, 1.82) is 0 Å². The standard InChI is InChI=1S/C19H23NO3/c1-22-18-6-2-4-15(12-18)7-8-16-5-3-10-20(13-16)19(21)17-9-11-23-14-17/h2,4,6,9,11-12,14,16H,3,5,7-8,10,13H2,1H3/t16-/m1/s1. The van der Waals surface area contributed by atoms with E-state index in [0.717, 1.165) is 38.1 Å². The zero-order valence-electron chi connectivity index (χ0n) is 13.5. The molecule has 122 valence electrons.